The fourth-order valence-corrected chi connectivity index (χ4v) is 3.39. The number of hydrogen-bond acceptors (Lipinski definition) is 3. The number of nitrogens with two attached hydrogens (primary N) is 1. The summed E-state index contributed by atoms with van der Waals surface area (Å²) in [6.45, 7) is 4.43. The van der Waals surface area contributed by atoms with E-state index in [1.807, 2.05) is 17.8 Å². The van der Waals surface area contributed by atoms with Crippen LogP contribution in [0.15, 0.2) is 22.7 Å². The van der Waals surface area contributed by atoms with Gasteiger partial charge in [-0.2, -0.15) is 11.8 Å². The summed E-state index contributed by atoms with van der Waals surface area (Å²) in [4.78, 5) is 2.51. The van der Waals surface area contributed by atoms with Crippen molar-refractivity contribution >= 4 is 33.4 Å². The molecule has 1 heterocycles. The molecule has 1 atom stereocenters. The lowest BCUT2D eigenvalue weighted by molar-refractivity contribution is 0.224. The molecule has 2 nitrogen and oxygen atoms in total. The van der Waals surface area contributed by atoms with Crippen LogP contribution in [0.3, 0.4) is 0 Å². The van der Waals surface area contributed by atoms with Crippen molar-refractivity contribution in [2.75, 3.05) is 23.8 Å². The molecule has 0 aliphatic carbocycles. The second kappa shape index (κ2) is 5.43. The van der Waals surface area contributed by atoms with E-state index >= 15 is 0 Å². The van der Waals surface area contributed by atoms with Gasteiger partial charge in [-0.05, 0) is 24.6 Å². The summed E-state index contributed by atoms with van der Waals surface area (Å²) in [6, 6.07) is 6.82. The van der Waals surface area contributed by atoms with Crippen molar-refractivity contribution in [1.82, 2.24) is 4.90 Å². The van der Waals surface area contributed by atoms with Gasteiger partial charge in [-0.15, -0.1) is 0 Å². The van der Waals surface area contributed by atoms with Crippen LogP contribution < -0.4 is 5.73 Å². The van der Waals surface area contributed by atoms with Crippen LogP contribution in [0.4, 0.5) is 5.69 Å². The highest BCUT2D eigenvalue weighted by Crippen LogP contribution is 2.23. The van der Waals surface area contributed by atoms with Crippen LogP contribution in [0.1, 0.15) is 12.5 Å². The van der Waals surface area contributed by atoms with E-state index in [-0.39, 0.29) is 0 Å². The molecule has 1 aromatic rings. The van der Waals surface area contributed by atoms with E-state index in [4.69, 9.17) is 5.73 Å². The van der Waals surface area contributed by atoms with E-state index in [1.54, 1.807) is 0 Å². The van der Waals surface area contributed by atoms with Gasteiger partial charge in [0.1, 0.15) is 0 Å². The van der Waals surface area contributed by atoms with Gasteiger partial charge in [0.25, 0.3) is 0 Å². The monoisotopic (exact) mass is 300 g/mol. The third kappa shape index (κ3) is 2.93. The topological polar surface area (TPSA) is 29.3 Å². The fraction of sp³-hybridized carbons (Fsp3) is 0.500. The van der Waals surface area contributed by atoms with Crippen LogP contribution in [0.2, 0.25) is 0 Å². The fourth-order valence-electron chi connectivity index (χ4n) is 1.92. The first kappa shape index (κ1) is 12.3. The number of anilines is 1. The van der Waals surface area contributed by atoms with E-state index in [0.717, 1.165) is 16.7 Å². The average molecular weight is 301 g/mol. The van der Waals surface area contributed by atoms with Gasteiger partial charge in [-0.3, -0.25) is 4.90 Å². The Hall–Kier alpha value is -0.190. The Kier molecular flexibility index (Phi) is 4.16. The van der Waals surface area contributed by atoms with E-state index in [1.165, 1.54) is 23.6 Å². The number of nitrogens with zero attached hydrogens (tertiary/aromatic N) is 1. The van der Waals surface area contributed by atoms with E-state index < -0.39 is 0 Å². The van der Waals surface area contributed by atoms with E-state index in [9.17, 15) is 0 Å². The third-order valence-corrected chi connectivity index (χ3v) is 4.67. The third-order valence-electron chi connectivity index (χ3n) is 2.99. The molecule has 0 aromatic heterocycles. The summed E-state index contributed by atoms with van der Waals surface area (Å²) in [6.07, 6.45) is 0. The van der Waals surface area contributed by atoms with Gasteiger partial charge in [0.15, 0.2) is 0 Å². The molecule has 2 N–H and O–H groups in total. The minimum atomic E-state index is 0.654. The van der Waals surface area contributed by atoms with Crippen molar-refractivity contribution in [2.24, 2.45) is 0 Å². The lowest BCUT2D eigenvalue weighted by atomic mass is 10.1. The lowest BCUT2D eigenvalue weighted by Crippen LogP contribution is -2.39. The van der Waals surface area contributed by atoms with Gasteiger partial charge >= 0.3 is 0 Å². The average Bonchev–Trinajstić information content (AvgIpc) is 2.25. The number of benzene rings is 1. The molecule has 0 saturated carbocycles. The summed E-state index contributed by atoms with van der Waals surface area (Å²) in [5, 5.41) is 0. The number of nitrogen functional groups attached to an aromatic ring is 1. The Bertz CT molecular complexity index is 370. The predicted octanol–water partition coefficient (Wildman–Crippen LogP) is 2.97. The molecule has 88 valence electrons. The van der Waals surface area contributed by atoms with Gasteiger partial charge in [0.2, 0.25) is 0 Å². The molecule has 16 heavy (non-hydrogen) atoms. The Labute approximate surface area is 110 Å². The van der Waals surface area contributed by atoms with Crippen LogP contribution >= 0.6 is 27.7 Å². The van der Waals surface area contributed by atoms with E-state index in [2.05, 4.69) is 39.9 Å². The molecule has 1 unspecified atom stereocenters. The van der Waals surface area contributed by atoms with E-state index in [0.29, 0.717) is 6.04 Å². The molecular weight excluding hydrogens is 284 g/mol. The summed E-state index contributed by atoms with van der Waals surface area (Å²) >= 11 is 5.48. The van der Waals surface area contributed by atoms with Crippen molar-refractivity contribution < 1.29 is 0 Å². The number of thioether (sulfide) groups is 1. The van der Waals surface area contributed by atoms with Crippen molar-refractivity contribution in [3.8, 4) is 0 Å². The van der Waals surface area contributed by atoms with Crippen LogP contribution in [-0.4, -0.2) is 29.0 Å². The maximum Gasteiger partial charge on any atom is 0.0371 e. The maximum absolute atomic E-state index is 6.02. The highest BCUT2D eigenvalue weighted by atomic mass is 79.9. The standard InChI is InChI=1S/C12H17BrN2S/c1-9-8-16-5-4-15(9)7-10-2-3-11(13)6-12(10)14/h2-3,6,9H,4-5,7-8,14H2,1H3. The van der Waals surface area contributed by atoms with Crippen molar-refractivity contribution in [1.29, 1.82) is 0 Å². The largest absolute Gasteiger partial charge is 0.398 e. The molecule has 2 rings (SSSR count). The lowest BCUT2D eigenvalue weighted by Gasteiger charge is -2.33. The van der Waals surface area contributed by atoms with Gasteiger partial charge in [0, 0.05) is 40.8 Å². The predicted molar refractivity (Wildman–Crippen MR) is 75.8 cm³/mol. The minimum Gasteiger partial charge on any atom is -0.398 e. The molecular formula is C12H17BrN2S. The molecule has 1 aliphatic heterocycles. The summed E-state index contributed by atoms with van der Waals surface area (Å²) in [5.41, 5.74) is 8.15. The second-order valence-corrected chi connectivity index (χ2v) is 6.30. The van der Waals surface area contributed by atoms with Crippen LogP contribution in [-0.2, 0) is 6.54 Å². The van der Waals surface area contributed by atoms with Crippen LogP contribution in [0.25, 0.3) is 0 Å². The van der Waals surface area contributed by atoms with Gasteiger partial charge in [0.05, 0.1) is 0 Å². The minimum absolute atomic E-state index is 0.654. The zero-order valence-corrected chi connectivity index (χ0v) is 11.9. The number of rotatable bonds is 2. The van der Waals surface area contributed by atoms with Crippen molar-refractivity contribution in [3.05, 3.63) is 28.2 Å². The molecule has 1 fully saturated rings. The first-order valence-corrected chi connectivity index (χ1v) is 7.47. The number of hydrogen-bond donors (Lipinski definition) is 1. The molecule has 1 aliphatic rings. The molecule has 1 aromatic carbocycles. The molecule has 4 heteroatoms. The quantitative estimate of drug-likeness (QED) is 0.852. The van der Waals surface area contributed by atoms with Gasteiger partial charge < -0.3 is 5.73 Å². The maximum atomic E-state index is 6.02. The molecule has 0 amide bonds. The van der Waals surface area contributed by atoms with Crippen molar-refractivity contribution in [3.63, 3.8) is 0 Å². The van der Waals surface area contributed by atoms with Gasteiger partial charge in [-0.25, -0.2) is 0 Å². The molecule has 1 saturated heterocycles. The van der Waals surface area contributed by atoms with Crippen molar-refractivity contribution in [2.45, 2.75) is 19.5 Å². The highest BCUT2D eigenvalue weighted by Gasteiger charge is 2.19. The summed E-state index contributed by atoms with van der Waals surface area (Å²) in [7, 11) is 0. The molecule has 0 bridgehead atoms. The summed E-state index contributed by atoms with van der Waals surface area (Å²) in [5.74, 6) is 2.47. The summed E-state index contributed by atoms with van der Waals surface area (Å²) < 4.78 is 1.05. The van der Waals surface area contributed by atoms with Crippen LogP contribution in [0, 0.1) is 0 Å². The smallest absolute Gasteiger partial charge is 0.0371 e. The zero-order chi connectivity index (χ0) is 11.5. The Morgan fingerprint density at radius 2 is 2.38 bits per heavy atom. The highest BCUT2D eigenvalue weighted by molar-refractivity contribution is 9.10. The molecule has 0 radical (unpaired) electrons. The van der Waals surface area contributed by atoms with Gasteiger partial charge in [-0.1, -0.05) is 22.0 Å². The normalized spacial score (nSPS) is 22.2. The first-order chi connectivity index (χ1) is 7.66. The first-order valence-electron chi connectivity index (χ1n) is 5.52. The zero-order valence-electron chi connectivity index (χ0n) is 9.45. The second-order valence-electron chi connectivity index (χ2n) is 4.24. The van der Waals surface area contributed by atoms with Crippen LogP contribution in [0.5, 0.6) is 0 Å². The Balaban J connectivity index is 2.07. The number of halogens is 1. The Morgan fingerprint density at radius 1 is 1.56 bits per heavy atom. The SMILES string of the molecule is CC1CSCCN1Cc1ccc(Br)cc1N. The molecule has 0 spiro atoms. The Morgan fingerprint density at radius 3 is 3.06 bits per heavy atom.